The Morgan fingerprint density at radius 1 is 0.968 bits per heavy atom. The fourth-order valence-electron chi connectivity index (χ4n) is 6.84. The molecule has 2 heterocycles. The van der Waals surface area contributed by atoms with Gasteiger partial charge in [-0.1, -0.05) is 37.4 Å². The normalized spacial score (nSPS) is 14.3. The molecule has 0 aliphatic carbocycles. The summed E-state index contributed by atoms with van der Waals surface area (Å²) in [7, 11) is 6.27. The second-order valence-corrected chi connectivity index (χ2v) is 14.6. The minimum Gasteiger partial charge on any atom is -0.493 e. The van der Waals surface area contributed by atoms with Gasteiger partial charge >= 0.3 is 0 Å². The number of rotatable bonds is 22. The van der Waals surface area contributed by atoms with Crippen LogP contribution in [0.2, 0.25) is 0 Å². The maximum atomic E-state index is 14.0. The maximum absolute atomic E-state index is 14.0. The summed E-state index contributed by atoms with van der Waals surface area (Å²) in [5, 5.41) is 11.2. The van der Waals surface area contributed by atoms with Crippen molar-refractivity contribution in [2.45, 2.75) is 45.4 Å². The SMILES string of the molecule is C=C(/C=C\CC/C=N\C(C)=C\C(=C)OCc1cc(COc2cc3c(cc2OC)C(=O)N2c4ccccc4C[C@H]2CN3)cc(N(C)C(=O)CNC(=O)CNC(=O)CNC)c1)NOC. The summed E-state index contributed by atoms with van der Waals surface area (Å²) in [4.78, 5) is 64.0. The Labute approximate surface area is 362 Å². The second-order valence-electron chi connectivity index (χ2n) is 14.6. The minimum atomic E-state index is -0.506. The minimum absolute atomic E-state index is 0.0322. The van der Waals surface area contributed by atoms with Crippen LogP contribution in [0.3, 0.4) is 0 Å². The third-order valence-electron chi connectivity index (χ3n) is 9.87. The number of fused-ring (bicyclic) bond motifs is 4. The van der Waals surface area contributed by atoms with E-state index in [1.54, 1.807) is 44.4 Å². The van der Waals surface area contributed by atoms with E-state index >= 15 is 0 Å². The highest BCUT2D eigenvalue weighted by Crippen LogP contribution is 2.40. The van der Waals surface area contributed by atoms with Crippen molar-refractivity contribution in [3.63, 3.8) is 0 Å². The molecule has 0 saturated heterocycles. The summed E-state index contributed by atoms with van der Waals surface area (Å²) in [6.45, 7) is 9.94. The number of aliphatic imine (C=N–C) groups is 1. The average Bonchev–Trinajstić information content (AvgIpc) is 3.58. The van der Waals surface area contributed by atoms with Crippen LogP contribution in [0, 0.1) is 0 Å². The lowest BCUT2D eigenvalue weighted by Gasteiger charge is -2.23. The zero-order valence-electron chi connectivity index (χ0n) is 36.0. The van der Waals surface area contributed by atoms with Crippen LogP contribution in [-0.2, 0) is 43.6 Å². The molecule has 0 spiro atoms. The van der Waals surface area contributed by atoms with Gasteiger partial charge in [-0.05, 0) is 86.3 Å². The Morgan fingerprint density at radius 3 is 2.47 bits per heavy atom. The van der Waals surface area contributed by atoms with Crippen molar-refractivity contribution in [2.24, 2.45) is 4.99 Å². The molecule has 16 nitrogen and oxygen atoms in total. The standard InChI is InChI=1S/C46H56N8O8/c1-30(52-60-7)13-9-8-12-16-48-31(2)17-32(3)61-28-33-18-34(20-36(19-33)53(5)45(57)27-51-44(56)26-50-43(55)25-47-4)29-62-42-23-39-38(22-41(42)59-6)46(58)54-37(24-49-39)21-35-14-10-11-15-40(35)54/h9-11,13-20,22-23,37,47,49,52H,1,3,8,12,21,24-29H2,2,4-7H3,(H,50,55)(H,51,56)/b13-9-,31-17+,48-16-/t37-/m0/s1. The van der Waals surface area contributed by atoms with E-state index in [9.17, 15) is 19.2 Å². The molecule has 16 heteroatoms. The van der Waals surface area contributed by atoms with E-state index in [-0.39, 0.29) is 50.7 Å². The molecule has 1 atom stereocenters. The number of hydrogen-bond acceptors (Lipinski definition) is 12. The van der Waals surface area contributed by atoms with Crippen LogP contribution in [0.25, 0.3) is 0 Å². The van der Waals surface area contributed by atoms with Crippen LogP contribution in [-0.4, -0.2) is 90.4 Å². The number of para-hydroxylation sites is 1. The summed E-state index contributed by atoms with van der Waals surface area (Å²) < 4.78 is 18.1. The van der Waals surface area contributed by atoms with Gasteiger partial charge in [-0.15, -0.1) is 0 Å². The van der Waals surface area contributed by atoms with Crippen LogP contribution in [0.4, 0.5) is 17.1 Å². The molecule has 0 saturated carbocycles. The summed E-state index contributed by atoms with van der Waals surface area (Å²) in [6, 6.07) is 16.9. The monoisotopic (exact) mass is 848 g/mol. The highest BCUT2D eigenvalue weighted by molar-refractivity contribution is 6.12. The number of nitrogens with zero attached hydrogens (tertiary/aromatic N) is 3. The fraction of sp³-hybridized carbons (Fsp3) is 0.326. The Kier molecular flexibility index (Phi) is 16.8. The van der Waals surface area contributed by atoms with Crippen molar-refractivity contribution < 1.29 is 38.2 Å². The van der Waals surface area contributed by atoms with Crippen LogP contribution in [0.1, 0.15) is 46.8 Å². The van der Waals surface area contributed by atoms with Crippen molar-refractivity contribution in [2.75, 3.05) is 69.6 Å². The number of methoxy groups -OCH3 is 1. The van der Waals surface area contributed by atoms with E-state index < -0.39 is 11.8 Å². The molecule has 0 bridgehead atoms. The van der Waals surface area contributed by atoms with Crippen molar-refractivity contribution in [3.05, 3.63) is 125 Å². The van der Waals surface area contributed by atoms with Crippen molar-refractivity contribution in [3.8, 4) is 11.5 Å². The first-order chi connectivity index (χ1) is 29.9. The Bertz CT molecular complexity index is 2240. The number of benzene rings is 3. The number of amides is 4. The van der Waals surface area contributed by atoms with Gasteiger partial charge in [0.15, 0.2) is 11.5 Å². The lowest BCUT2D eigenvalue weighted by Crippen LogP contribution is -2.43. The zero-order chi connectivity index (χ0) is 44.6. The van der Waals surface area contributed by atoms with Gasteiger partial charge in [0.05, 0.1) is 56.8 Å². The largest absolute Gasteiger partial charge is 0.493 e. The first-order valence-corrected chi connectivity index (χ1v) is 20.1. The number of hydrogen-bond donors (Lipinski definition) is 5. The third kappa shape index (κ3) is 12.8. The number of likely N-dealkylation sites (N-methyl/N-ethyl adjacent to an activating group) is 2. The fourth-order valence-corrected chi connectivity index (χ4v) is 6.84. The quantitative estimate of drug-likeness (QED) is 0.0311. The topological polar surface area (TPSA) is 184 Å². The Morgan fingerprint density at radius 2 is 1.71 bits per heavy atom. The van der Waals surface area contributed by atoms with E-state index in [1.165, 1.54) is 19.1 Å². The molecule has 0 fully saturated rings. The van der Waals surface area contributed by atoms with Gasteiger partial charge in [0, 0.05) is 49.0 Å². The van der Waals surface area contributed by atoms with E-state index in [0.717, 1.165) is 30.5 Å². The lowest BCUT2D eigenvalue weighted by molar-refractivity contribution is -0.126. The van der Waals surface area contributed by atoms with E-state index in [2.05, 4.69) is 51.0 Å². The molecule has 2 aliphatic heterocycles. The summed E-state index contributed by atoms with van der Waals surface area (Å²) in [6.07, 6.45) is 9.59. The Hall–Kier alpha value is -6.91. The van der Waals surface area contributed by atoms with Gasteiger partial charge in [-0.25, -0.2) is 0 Å². The predicted molar refractivity (Wildman–Crippen MR) is 240 cm³/mol. The number of carbonyl (C=O) groups excluding carboxylic acids is 4. The Balaban J connectivity index is 1.30. The molecular weight excluding hydrogens is 793 g/mol. The molecule has 62 heavy (non-hydrogen) atoms. The lowest BCUT2D eigenvalue weighted by atomic mass is 10.1. The van der Waals surface area contributed by atoms with Crippen molar-refractivity contribution in [1.82, 2.24) is 21.4 Å². The van der Waals surface area contributed by atoms with E-state index in [0.29, 0.717) is 63.3 Å². The van der Waals surface area contributed by atoms with Crippen LogP contribution in [0.15, 0.2) is 108 Å². The smallest absolute Gasteiger partial charge is 0.260 e. The molecule has 328 valence electrons. The van der Waals surface area contributed by atoms with Gasteiger partial charge in [-0.3, -0.25) is 34.5 Å². The van der Waals surface area contributed by atoms with Crippen molar-refractivity contribution >= 4 is 46.9 Å². The molecular formula is C46H56N8O8. The molecule has 2 aliphatic rings. The molecule has 5 N–H and O–H groups in total. The van der Waals surface area contributed by atoms with Crippen LogP contribution in [0.5, 0.6) is 11.5 Å². The first kappa shape index (κ1) is 46.2. The molecule has 5 rings (SSSR count). The summed E-state index contributed by atoms with van der Waals surface area (Å²) in [5.41, 5.74) is 9.12. The predicted octanol–water partition coefficient (Wildman–Crippen LogP) is 4.69. The van der Waals surface area contributed by atoms with Crippen LogP contribution < -0.4 is 46.0 Å². The third-order valence-corrected chi connectivity index (χ3v) is 9.87. The molecule has 3 aromatic carbocycles. The van der Waals surface area contributed by atoms with Gasteiger partial charge in [0.2, 0.25) is 17.7 Å². The van der Waals surface area contributed by atoms with E-state index in [1.807, 2.05) is 54.5 Å². The number of ether oxygens (including phenoxy) is 3. The second kappa shape index (κ2) is 22.6. The molecule has 0 radical (unpaired) electrons. The highest BCUT2D eigenvalue weighted by Gasteiger charge is 2.37. The highest BCUT2D eigenvalue weighted by atomic mass is 16.6. The van der Waals surface area contributed by atoms with E-state index in [4.69, 9.17) is 19.0 Å². The van der Waals surface area contributed by atoms with Crippen molar-refractivity contribution in [1.29, 1.82) is 0 Å². The first-order valence-electron chi connectivity index (χ1n) is 20.1. The molecule has 3 aromatic rings. The molecule has 4 amide bonds. The van der Waals surface area contributed by atoms with Gasteiger partial charge in [0.25, 0.3) is 5.91 Å². The van der Waals surface area contributed by atoms with Crippen LogP contribution >= 0.6 is 0 Å². The molecule has 0 aromatic heterocycles. The number of unbranched alkanes of at least 4 members (excludes halogenated alkanes) is 1. The maximum Gasteiger partial charge on any atom is 0.260 e. The number of anilines is 3. The summed E-state index contributed by atoms with van der Waals surface area (Å²) >= 11 is 0. The number of hydroxylamine groups is 1. The van der Waals surface area contributed by atoms with Gasteiger partial charge in [0.1, 0.15) is 19.0 Å². The molecule has 0 unspecified atom stereocenters. The zero-order valence-corrected chi connectivity index (χ0v) is 36.0. The van der Waals surface area contributed by atoms with Gasteiger partial charge in [-0.2, -0.15) is 0 Å². The van der Waals surface area contributed by atoms with Gasteiger partial charge < -0.3 is 45.3 Å². The summed E-state index contributed by atoms with van der Waals surface area (Å²) in [5.74, 6) is -0.169. The number of allylic oxidation sites excluding steroid dienone is 4. The average molecular weight is 849 g/mol. The number of carbonyl (C=O) groups is 4. The number of nitrogens with one attached hydrogen (secondary N) is 5.